The lowest BCUT2D eigenvalue weighted by atomic mass is 10.1. The number of carbonyl (C=O) groups is 1. The van der Waals surface area contributed by atoms with Gasteiger partial charge in [0.1, 0.15) is 16.5 Å². The molecule has 0 unspecified atom stereocenters. The summed E-state index contributed by atoms with van der Waals surface area (Å²) in [6.45, 7) is 0. The van der Waals surface area contributed by atoms with Crippen molar-refractivity contribution in [3.63, 3.8) is 0 Å². The summed E-state index contributed by atoms with van der Waals surface area (Å²) in [6.07, 6.45) is -3.21. The number of ether oxygens (including phenoxy) is 4. The molecule has 3 aromatic carbocycles. The summed E-state index contributed by atoms with van der Waals surface area (Å²) in [7, 11) is 5.75. The van der Waals surface area contributed by atoms with Crippen LogP contribution in [0.3, 0.4) is 0 Å². The van der Waals surface area contributed by atoms with Gasteiger partial charge in [0.25, 0.3) is 11.5 Å². The number of nitrogens with one attached hydrogen (secondary N) is 1. The lowest BCUT2D eigenvalue weighted by Crippen LogP contribution is -2.32. The summed E-state index contributed by atoms with van der Waals surface area (Å²) in [6, 6.07) is 13.7. The zero-order valence-corrected chi connectivity index (χ0v) is 25.1. The highest BCUT2D eigenvalue weighted by atomic mass is 35.5. The van der Waals surface area contributed by atoms with Crippen molar-refractivity contribution in [3.05, 3.63) is 90.3 Å². The Balaban J connectivity index is 1.99. The number of hydrogen-bond acceptors (Lipinski definition) is 8. The van der Waals surface area contributed by atoms with Crippen molar-refractivity contribution in [1.29, 1.82) is 5.26 Å². The van der Waals surface area contributed by atoms with Gasteiger partial charge in [-0.05, 0) is 60.7 Å². The number of anilines is 1. The number of aromatic nitrogens is 1. The number of thiazole rings is 1. The minimum Gasteiger partial charge on any atom is -0.497 e. The van der Waals surface area contributed by atoms with Crippen molar-refractivity contribution in [3.8, 4) is 34.8 Å². The summed E-state index contributed by atoms with van der Waals surface area (Å²) in [4.78, 5) is 27.2. The molecule has 0 aliphatic heterocycles. The number of alkyl halides is 3. The van der Waals surface area contributed by atoms with Crippen LogP contribution in [0.5, 0.6) is 23.0 Å². The first-order valence-corrected chi connectivity index (χ1v) is 13.7. The Morgan fingerprint density at radius 2 is 1.66 bits per heavy atom. The molecular weight excluding hydrogens is 623 g/mol. The number of halogens is 4. The van der Waals surface area contributed by atoms with Crippen molar-refractivity contribution in [2.75, 3.05) is 33.8 Å². The summed E-state index contributed by atoms with van der Waals surface area (Å²) in [5.41, 5.74) is -1.84. The number of carbonyl (C=O) groups excluding carboxylic acids is 1. The minimum atomic E-state index is -4.70. The maximum atomic E-state index is 13.9. The second-order valence-electron chi connectivity index (χ2n) is 8.81. The SMILES string of the molecule is COc1ccc(-n2c(=C(C#N)C(=O)Nc3cc(C(F)(F)F)ccc3Cl)sc(=Cc3ccc(OC)c(OC)c3OC)c2=O)cc1. The second-order valence-corrected chi connectivity index (χ2v) is 10.2. The van der Waals surface area contributed by atoms with E-state index in [1.807, 2.05) is 0 Å². The van der Waals surface area contributed by atoms with Gasteiger partial charge in [0, 0.05) is 5.56 Å². The maximum absolute atomic E-state index is 13.9. The van der Waals surface area contributed by atoms with Crippen molar-refractivity contribution in [1.82, 2.24) is 4.57 Å². The smallest absolute Gasteiger partial charge is 0.416 e. The highest BCUT2D eigenvalue weighted by molar-refractivity contribution is 7.07. The molecule has 14 heteroatoms. The summed E-state index contributed by atoms with van der Waals surface area (Å²) in [5.74, 6) is 0.333. The molecule has 0 bridgehead atoms. The third-order valence-electron chi connectivity index (χ3n) is 6.27. The average Bonchev–Trinajstić information content (AvgIpc) is 3.32. The van der Waals surface area contributed by atoms with E-state index in [4.69, 9.17) is 30.5 Å². The molecule has 44 heavy (non-hydrogen) atoms. The van der Waals surface area contributed by atoms with Crippen LogP contribution < -0.4 is 39.0 Å². The van der Waals surface area contributed by atoms with E-state index in [9.17, 15) is 28.0 Å². The van der Waals surface area contributed by atoms with E-state index in [1.54, 1.807) is 42.5 Å². The number of rotatable bonds is 8. The second kappa shape index (κ2) is 13.2. The average molecular weight is 646 g/mol. The molecule has 0 atom stereocenters. The van der Waals surface area contributed by atoms with E-state index in [0.29, 0.717) is 28.8 Å². The quantitative estimate of drug-likeness (QED) is 0.295. The molecule has 4 aromatic rings. The van der Waals surface area contributed by atoms with Crippen molar-refractivity contribution in [2.45, 2.75) is 6.18 Å². The number of benzene rings is 3. The van der Waals surface area contributed by atoms with Crippen LogP contribution in [0.25, 0.3) is 17.3 Å². The fourth-order valence-electron chi connectivity index (χ4n) is 4.17. The van der Waals surface area contributed by atoms with E-state index in [0.717, 1.165) is 28.0 Å². The van der Waals surface area contributed by atoms with Crippen molar-refractivity contribution >= 4 is 46.2 Å². The van der Waals surface area contributed by atoms with Gasteiger partial charge in [-0.2, -0.15) is 18.4 Å². The third-order valence-corrected chi connectivity index (χ3v) is 7.69. The van der Waals surface area contributed by atoms with Crippen LogP contribution in [-0.2, 0) is 11.0 Å². The third kappa shape index (κ3) is 6.36. The van der Waals surface area contributed by atoms with E-state index >= 15 is 0 Å². The van der Waals surface area contributed by atoms with Gasteiger partial charge < -0.3 is 24.3 Å². The molecular formula is C30H23ClF3N3O6S. The normalized spacial score (nSPS) is 12.3. The molecule has 1 aromatic heterocycles. The Bertz CT molecular complexity index is 1950. The molecule has 228 valence electrons. The molecule has 0 aliphatic carbocycles. The van der Waals surface area contributed by atoms with E-state index in [1.165, 1.54) is 34.5 Å². The Morgan fingerprint density at radius 1 is 0.977 bits per heavy atom. The Morgan fingerprint density at radius 3 is 2.23 bits per heavy atom. The fraction of sp³-hybridized carbons (Fsp3) is 0.167. The monoisotopic (exact) mass is 645 g/mol. The zero-order valence-electron chi connectivity index (χ0n) is 23.5. The Hall–Kier alpha value is -4.93. The van der Waals surface area contributed by atoms with Gasteiger partial charge in [-0.15, -0.1) is 11.3 Å². The molecule has 0 fully saturated rings. The van der Waals surface area contributed by atoms with Crippen molar-refractivity contribution in [2.24, 2.45) is 0 Å². The predicted molar refractivity (Wildman–Crippen MR) is 159 cm³/mol. The number of nitrogens with zero attached hydrogens (tertiary/aromatic N) is 2. The summed E-state index contributed by atoms with van der Waals surface area (Å²) < 4.78 is 62.5. The van der Waals surface area contributed by atoms with E-state index in [2.05, 4.69) is 5.32 Å². The van der Waals surface area contributed by atoms with Gasteiger partial charge >= 0.3 is 6.18 Å². The fourth-order valence-corrected chi connectivity index (χ4v) is 5.43. The van der Waals surface area contributed by atoms with Crippen LogP contribution in [0.15, 0.2) is 59.4 Å². The zero-order chi connectivity index (χ0) is 32.2. The summed E-state index contributed by atoms with van der Waals surface area (Å²) >= 11 is 6.87. The highest BCUT2D eigenvalue weighted by Crippen LogP contribution is 2.40. The van der Waals surface area contributed by atoms with Gasteiger partial charge in [0.15, 0.2) is 17.1 Å². The van der Waals surface area contributed by atoms with Crippen LogP contribution in [0.4, 0.5) is 18.9 Å². The largest absolute Gasteiger partial charge is 0.497 e. The molecule has 0 spiro atoms. The predicted octanol–water partition coefficient (Wildman–Crippen LogP) is 4.75. The highest BCUT2D eigenvalue weighted by Gasteiger charge is 2.31. The number of nitriles is 1. The van der Waals surface area contributed by atoms with Crippen LogP contribution in [0, 0.1) is 11.3 Å². The van der Waals surface area contributed by atoms with Crippen LogP contribution in [0.1, 0.15) is 11.1 Å². The first-order valence-electron chi connectivity index (χ1n) is 12.5. The molecule has 1 amide bonds. The molecule has 9 nitrogen and oxygen atoms in total. The lowest BCUT2D eigenvalue weighted by molar-refractivity contribution is -0.137. The van der Waals surface area contributed by atoms with Crippen LogP contribution in [-0.4, -0.2) is 38.9 Å². The summed E-state index contributed by atoms with van der Waals surface area (Å²) in [5, 5.41) is 12.2. The standard InChI is InChI=1S/C30H23ClF3N3O6S/c1-40-19-9-7-18(8-10-19)37-28(39)24(13-16-5-12-23(41-2)26(43-4)25(16)42-3)44-29(37)20(15-35)27(38)36-22-14-17(30(32,33)34)6-11-21(22)31/h5-14H,1-4H3,(H,36,38). The molecule has 0 radical (unpaired) electrons. The molecule has 1 N–H and O–H groups in total. The topological polar surface area (TPSA) is 112 Å². The van der Waals surface area contributed by atoms with E-state index in [-0.39, 0.29) is 31.4 Å². The van der Waals surface area contributed by atoms with Gasteiger partial charge in [0.2, 0.25) is 5.75 Å². The Labute approximate surface area is 257 Å². The first-order chi connectivity index (χ1) is 21.0. The Kier molecular flexibility index (Phi) is 9.56. The molecule has 4 rings (SSSR count). The van der Waals surface area contributed by atoms with Crippen LogP contribution in [0.2, 0.25) is 5.02 Å². The minimum absolute atomic E-state index is 0.0889. The van der Waals surface area contributed by atoms with Crippen molar-refractivity contribution < 1.29 is 36.9 Å². The number of amides is 1. The number of methoxy groups -OCH3 is 4. The lowest BCUT2D eigenvalue weighted by Gasteiger charge is -2.13. The molecule has 0 aliphatic rings. The van der Waals surface area contributed by atoms with Crippen LogP contribution >= 0.6 is 22.9 Å². The number of hydrogen-bond donors (Lipinski definition) is 1. The van der Waals surface area contributed by atoms with Gasteiger partial charge in [-0.25, -0.2) is 0 Å². The molecule has 1 heterocycles. The maximum Gasteiger partial charge on any atom is 0.416 e. The molecule has 0 saturated carbocycles. The van der Waals surface area contributed by atoms with E-state index < -0.39 is 28.8 Å². The van der Waals surface area contributed by atoms with Gasteiger partial charge in [-0.1, -0.05) is 11.6 Å². The first kappa shape index (κ1) is 32.0. The van der Waals surface area contributed by atoms with Gasteiger partial charge in [0.05, 0.1) is 54.9 Å². The molecule has 0 saturated heterocycles. The van der Waals surface area contributed by atoms with Gasteiger partial charge in [-0.3, -0.25) is 14.2 Å².